The second-order valence-corrected chi connectivity index (χ2v) is 3.56. The van der Waals surface area contributed by atoms with Gasteiger partial charge < -0.3 is 5.73 Å². The van der Waals surface area contributed by atoms with E-state index >= 15 is 0 Å². The number of aliphatic imine (C=N–C) groups is 1. The second kappa shape index (κ2) is 4.13. The smallest absolute Gasteiger partial charge is 0.0632 e. The summed E-state index contributed by atoms with van der Waals surface area (Å²) in [5, 5.41) is 0. The molecule has 0 aliphatic rings. The number of nitrogens with two attached hydrogens (primary N) is 1. The molecule has 0 aromatic heterocycles. The number of rotatable bonds is 3. The first kappa shape index (κ1) is 11.2. The monoisotopic (exact) mass is 200 g/mol. The molecule has 0 atom stereocenters. The summed E-state index contributed by atoms with van der Waals surface area (Å²) in [5.74, 6) is 0. The molecule has 1 rings (SSSR count). The van der Waals surface area contributed by atoms with Gasteiger partial charge in [-0.15, -0.1) is 0 Å². The summed E-state index contributed by atoms with van der Waals surface area (Å²) in [6, 6.07) is 3.96. The molecule has 0 bridgehead atoms. The Morgan fingerprint density at radius 1 is 1.27 bits per heavy atom. The van der Waals surface area contributed by atoms with Gasteiger partial charge in [0.15, 0.2) is 0 Å². The molecule has 2 nitrogen and oxygen atoms in total. The van der Waals surface area contributed by atoms with E-state index in [0.717, 1.165) is 16.7 Å². The van der Waals surface area contributed by atoms with Gasteiger partial charge in [-0.25, -0.2) is 0 Å². The van der Waals surface area contributed by atoms with Gasteiger partial charge in [-0.3, -0.25) is 4.99 Å². The maximum Gasteiger partial charge on any atom is 0.0632 e. The van der Waals surface area contributed by atoms with Crippen LogP contribution in [0, 0.1) is 13.8 Å². The fraction of sp³-hybridized carbons (Fsp3) is 0.154. The highest BCUT2D eigenvalue weighted by Crippen LogP contribution is 2.27. The second-order valence-electron chi connectivity index (χ2n) is 3.56. The Hall–Kier alpha value is -1.83. The van der Waals surface area contributed by atoms with Gasteiger partial charge >= 0.3 is 0 Å². The van der Waals surface area contributed by atoms with Gasteiger partial charge in [0.25, 0.3) is 0 Å². The molecule has 0 aliphatic heterocycles. The fourth-order valence-corrected chi connectivity index (χ4v) is 1.53. The first-order valence-electron chi connectivity index (χ1n) is 4.70. The Morgan fingerprint density at radius 3 is 2.33 bits per heavy atom. The quantitative estimate of drug-likeness (QED) is 0.748. The van der Waals surface area contributed by atoms with Crippen molar-refractivity contribution in [2.45, 2.75) is 13.8 Å². The highest BCUT2D eigenvalue weighted by atomic mass is 14.7. The van der Waals surface area contributed by atoms with E-state index in [0.29, 0.717) is 11.4 Å². The Kier molecular flexibility index (Phi) is 3.10. The molecule has 15 heavy (non-hydrogen) atoms. The largest absolute Gasteiger partial charge is 0.399 e. The van der Waals surface area contributed by atoms with E-state index in [9.17, 15) is 0 Å². The van der Waals surface area contributed by atoms with Crippen LogP contribution in [-0.2, 0) is 0 Å². The average molecular weight is 200 g/mol. The van der Waals surface area contributed by atoms with Crippen molar-refractivity contribution in [3.63, 3.8) is 0 Å². The van der Waals surface area contributed by atoms with Crippen LogP contribution in [-0.4, -0.2) is 6.72 Å². The van der Waals surface area contributed by atoms with Gasteiger partial charge in [0.2, 0.25) is 0 Å². The lowest BCUT2D eigenvalue weighted by Crippen LogP contribution is -2.02. The van der Waals surface area contributed by atoms with E-state index < -0.39 is 0 Å². The zero-order valence-corrected chi connectivity index (χ0v) is 9.30. The first-order valence-corrected chi connectivity index (χ1v) is 4.70. The minimum Gasteiger partial charge on any atom is -0.399 e. The summed E-state index contributed by atoms with van der Waals surface area (Å²) in [6.07, 6.45) is 0. The van der Waals surface area contributed by atoms with Crippen LogP contribution in [0.2, 0.25) is 0 Å². The Morgan fingerprint density at radius 2 is 1.87 bits per heavy atom. The molecule has 0 spiro atoms. The van der Waals surface area contributed by atoms with Crippen molar-refractivity contribution in [2.75, 3.05) is 0 Å². The van der Waals surface area contributed by atoms with E-state index in [-0.39, 0.29) is 0 Å². The SMILES string of the molecule is C=NC(=C)c1c(C(=C)N)ccc(C)c1C. The lowest BCUT2D eigenvalue weighted by atomic mass is 9.94. The van der Waals surface area contributed by atoms with Crippen molar-refractivity contribution in [2.24, 2.45) is 10.7 Å². The van der Waals surface area contributed by atoms with Crippen LogP contribution < -0.4 is 5.73 Å². The summed E-state index contributed by atoms with van der Waals surface area (Å²) in [7, 11) is 0. The number of benzene rings is 1. The molecule has 78 valence electrons. The van der Waals surface area contributed by atoms with Crippen LogP contribution in [0.3, 0.4) is 0 Å². The lowest BCUT2D eigenvalue weighted by molar-refractivity contribution is 1.28. The van der Waals surface area contributed by atoms with Crippen LogP contribution >= 0.6 is 0 Å². The van der Waals surface area contributed by atoms with Crippen LogP contribution in [0.5, 0.6) is 0 Å². The molecule has 0 saturated carbocycles. The van der Waals surface area contributed by atoms with Crippen molar-refractivity contribution in [1.82, 2.24) is 0 Å². The summed E-state index contributed by atoms with van der Waals surface area (Å²) in [4.78, 5) is 3.86. The Balaban J connectivity index is 3.55. The van der Waals surface area contributed by atoms with Crippen LogP contribution in [0.4, 0.5) is 0 Å². The van der Waals surface area contributed by atoms with Gasteiger partial charge in [-0.05, 0) is 31.7 Å². The van der Waals surface area contributed by atoms with Crippen molar-refractivity contribution in [3.8, 4) is 0 Å². The molecular weight excluding hydrogens is 184 g/mol. The third-order valence-electron chi connectivity index (χ3n) is 2.56. The average Bonchev–Trinajstić information content (AvgIpc) is 2.20. The maximum atomic E-state index is 5.73. The Bertz CT molecular complexity index is 442. The molecule has 0 unspecified atom stereocenters. The predicted octanol–water partition coefficient (Wildman–Crippen LogP) is 2.90. The van der Waals surface area contributed by atoms with Crippen LogP contribution in [0.1, 0.15) is 22.3 Å². The molecular formula is C13H16N2. The number of aryl methyl sites for hydroxylation is 1. The van der Waals surface area contributed by atoms with Gasteiger partial charge in [0.1, 0.15) is 0 Å². The zero-order chi connectivity index (χ0) is 11.6. The van der Waals surface area contributed by atoms with E-state index in [1.165, 1.54) is 5.56 Å². The molecule has 1 aromatic rings. The standard InChI is InChI=1S/C13H16N2/c1-8-6-7-12(10(3)14)13(9(8)2)11(4)15-5/h6-7H,3-5,14H2,1-2H3. The minimum absolute atomic E-state index is 0.526. The highest BCUT2D eigenvalue weighted by Gasteiger charge is 2.11. The molecule has 0 aliphatic carbocycles. The molecule has 2 N–H and O–H groups in total. The first-order chi connectivity index (χ1) is 6.99. The molecule has 0 heterocycles. The number of hydrogen-bond acceptors (Lipinski definition) is 2. The van der Waals surface area contributed by atoms with E-state index in [1.54, 1.807) is 0 Å². The third kappa shape index (κ3) is 1.99. The van der Waals surface area contributed by atoms with Crippen LogP contribution in [0.25, 0.3) is 11.4 Å². The van der Waals surface area contributed by atoms with Crippen molar-refractivity contribution in [3.05, 3.63) is 47.5 Å². The van der Waals surface area contributed by atoms with E-state index in [2.05, 4.69) is 24.9 Å². The number of nitrogens with zero attached hydrogens (tertiary/aromatic N) is 1. The molecule has 0 radical (unpaired) electrons. The highest BCUT2D eigenvalue weighted by molar-refractivity contribution is 5.80. The van der Waals surface area contributed by atoms with Crippen molar-refractivity contribution < 1.29 is 0 Å². The Labute approximate surface area is 90.8 Å². The molecule has 2 heteroatoms. The molecule has 1 aromatic carbocycles. The molecule has 0 saturated heterocycles. The summed E-state index contributed by atoms with van der Waals surface area (Å²) >= 11 is 0. The summed E-state index contributed by atoms with van der Waals surface area (Å²) < 4.78 is 0. The number of hydrogen-bond donors (Lipinski definition) is 1. The fourth-order valence-electron chi connectivity index (χ4n) is 1.53. The maximum absolute atomic E-state index is 5.73. The van der Waals surface area contributed by atoms with Gasteiger partial charge in [-0.1, -0.05) is 25.3 Å². The third-order valence-corrected chi connectivity index (χ3v) is 2.56. The topological polar surface area (TPSA) is 38.4 Å². The van der Waals surface area contributed by atoms with Gasteiger partial charge in [0.05, 0.1) is 5.70 Å². The van der Waals surface area contributed by atoms with Crippen LogP contribution in [0.15, 0.2) is 30.3 Å². The predicted molar refractivity (Wildman–Crippen MR) is 67.7 cm³/mol. The van der Waals surface area contributed by atoms with E-state index in [1.807, 2.05) is 26.0 Å². The van der Waals surface area contributed by atoms with Gasteiger partial charge in [0, 0.05) is 16.8 Å². The molecule has 0 fully saturated rings. The minimum atomic E-state index is 0.526. The summed E-state index contributed by atoms with van der Waals surface area (Å²) in [6.45, 7) is 15.2. The van der Waals surface area contributed by atoms with Crippen molar-refractivity contribution in [1.29, 1.82) is 0 Å². The zero-order valence-electron chi connectivity index (χ0n) is 9.30. The van der Waals surface area contributed by atoms with E-state index in [4.69, 9.17) is 5.73 Å². The van der Waals surface area contributed by atoms with Crippen molar-refractivity contribution >= 4 is 18.1 Å². The van der Waals surface area contributed by atoms with Gasteiger partial charge in [-0.2, -0.15) is 0 Å². The summed E-state index contributed by atoms with van der Waals surface area (Å²) in [5.41, 5.74) is 11.0. The normalized spacial score (nSPS) is 9.73. The lowest BCUT2D eigenvalue weighted by Gasteiger charge is -2.14. The molecule has 0 amide bonds.